The minimum absolute atomic E-state index is 0.0951. The van der Waals surface area contributed by atoms with E-state index in [1.165, 1.54) is 0 Å². The van der Waals surface area contributed by atoms with Gasteiger partial charge in [-0.15, -0.1) is 0 Å². The summed E-state index contributed by atoms with van der Waals surface area (Å²) in [6.07, 6.45) is 0. The second-order valence-corrected chi connectivity index (χ2v) is 6.53. The van der Waals surface area contributed by atoms with Crippen LogP contribution < -0.4 is 15.5 Å². The first-order chi connectivity index (χ1) is 9.75. The third-order valence-electron chi connectivity index (χ3n) is 4.62. The number of nitrogens with one attached hydrogen (secondary N) is 1. The van der Waals surface area contributed by atoms with Crippen LogP contribution in [0.2, 0.25) is 0 Å². The lowest BCUT2D eigenvalue weighted by Crippen LogP contribution is -2.41. The average molecular weight is 289 g/mol. The number of rotatable bonds is 2. The van der Waals surface area contributed by atoms with E-state index in [9.17, 15) is 4.79 Å². The zero-order valence-corrected chi connectivity index (χ0v) is 13.1. The van der Waals surface area contributed by atoms with Crippen LogP contribution in [0.25, 0.3) is 0 Å². The predicted molar refractivity (Wildman–Crippen MR) is 79.9 cm³/mol. The summed E-state index contributed by atoms with van der Waals surface area (Å²) in [6, 6.07) is 3.78. The summed E-state index contributed by atoms with van der Waals surface area (Å²) >= 11 is 0. The quantitative estimate of drug-likeness (QED) is 0.832. The van der Waals surface area contributed by atoms with Gasteiger partial charge in [0, 0.05) is 6.54 Å². The van der Waals surface area contributed by atoms with Crippen LogP contribution in [0, 0.1) is 0 Å². The Bertz CT molecular complexity index is 596. The Morgan fingerprint density at radius 2 is 1.81 bits per heavy atom. The topological polar surface area (TPSA) is 56.8 Å². The highest BCUT2D eigenvalue weighted by molar-refractivity contribution is 6.62. The molecular weight excluding hydrogens is 269 g/mol. The van der Waals surface area contributed by atoms with Crippen molar-refractivity contribution in [2.24, 2.45) is 0 Å². The van der Waals surface area contributed by atoms with E-state index in [4.69, 9.17) is 14.0 Å². The molecule has 2 heterocycles. The van der Waals surface area contributed by atoms with Crippen molar-refractivity contribution in [2.45, 2.75) is 45.4 Å². The molecule has 0 saturated carbocycles. The Labute approximate surface area is 125 Å². The van der Waals surface area contributed by atoms with Crippen LogP contribution in [0.3, 0.4) is 0 Å². The molecule has 0 bridgehead atoms. The molecule has 0 aromatic heterocycles. The molecule has 1 N–H and O–H groups in total. The maximum Gasteiger partial charge on any atom is 0.494 e. The number of fused-ring (bicyclic) bond motifs is 1. The largest absolute Gasteiger partial charge is 0.496 e. The molecule has 0 radical (unpaired) electrons. The predicted octanol–water partition coefficient (Wildman–Crippen LogP) is 1.24. The van der Waals surface area contributed by atoms with Gasteiger partial charge in [-0.25, -0.2) is 0 Å². The summed E-state index contributed by atoms with van der Waals surface area (Å²) in [4.78, 5) is 11.8. The van der Waals surface area contributed by atoms with Gasteiger partial charge in [0.05, 0.1) is 23.9 Å². The van der Waals surface area contributed by atoms with E-state index in [1.807, 2.05) is 39.8 Å². The van der Waals surface area contributed by atoms with Crippen molar-refractivity contribution >= 4 is 18.5 Å². The number of hydrogen-bond donors (Lipinski definition) is 1. The Hall–Kier alpha value is -1.53. The molecule has 0 unspecified atom stereocenters. The Morgan fingerprint density at radius 1 is 1.19 bits per heavy atom. The zero-order valence-electron chi connectivity index (χ0n) is 13.1. The number of amides is 1. The van der Waals surface area contributed by atoms with Gasteiger partial charge in [-0.2, -0.15) is 0 Å². The van der Waals surface area contributed by atoms with Crippen LogP contribution in [-0.4, -0.2) is 31.3 Å². The van der Waals surface area contributed by atoms with Gasteiger partial charge in [0.25, 0.3) is 5.91 Å². The van der Waals surface area contributed by atoms with Gasteiger partial charge in [-0.05, 0) is 44.8 Å². The minimum atomic E-state index is -0.454. The molecule has 1 amide bonds. The Kier molecular flexibility index (Phi) is 3.08. The summed E-state index contributed by atoms with van der Waals surface area (Å²) in [7, 11) is 1.11. The van der Waals surface area contributed by atoms with E-state index in [0.717, 1.165) is 11.0 Å². The molecule has 0 aliphatic carbocycles. The molecule has 5 nitrogen and oxygen atoms in total. The van der Waals surface area contributed by atoms with Crippen molar-refractivity contribution in [1.82, 2.24) is 5.32 Å². The van der Waals surface area contributed by atoms with Crippen LogP contribution in [-0.2, 0) is 15.9 Å². The van der Waals surface area contributed by atoms with Crippen LogP contribution in [0.5, 0.6) is 5.75 Å². The Morgan fingerprint density at radius 3 is 2.38 bits per heavy atom. The highest BCUT2D eigenvalue weighted by atomic mass is 16.7. The SMILES string of the molecule is COc1cc(B2OC(C)(C)C(C)(C)O2)cc2c1C(=O)NC2. The third kappa shape index (κ3) is 2.13. The molecule has 21 heavy (non-hydrogen) atoms. The standard InChI is InChI=1S/C15H20BNO4/c1-14(2)15(3,4)21-16(20-14)10-6-9-8-17-13(18)12(9)11(7-10)19-5/h6-7H,8H2,1-5H3,(H,17,18). The Balaban J connectivity index is 2.00. The summed E-state index contributed by atoms with van der Waals surface area (Å²) in [5, 5.41) is 2.81. The normalized spacial score (nSPS) is 22.1. The molecule has 1 aromatic rings. The van der Waals surface area contributed by atoms with Crippen molar-refractivity contribution < 1.29 is 18.8 Å². The van der Waals surface area contributed by atoms with Gasteiger partial charge in [0.2, 0.25) is 0 Å². The van der Waals surface area contributed by atoms with Gasteiger partial charge < -0.3 is 19.4 Å². The molecule has 0 spiro atoms. The second kappa shape index (κ2) is 4.48. The molecule has 1 saturated heterocycles. The maximum atomic E-state index is 11.8. The highest BCUT2D eigenvalue weighted by Gasteiger charge is 2.52. The third-order valence-corrected chi connectivity index (χ3v) is 4.62. The molecule has 2 aliphatic heterocycles. The van der Waals surface area contributed by atoms with E-state index < -0.39 is 18.3 Å². The first-order valence-electron chi connectivity index (χ1n) is 7.10. The lowest BCUT2D eigenvalue weighted by Gasteiger charge is -2.32. The van der Waals surface area contributed by atoms with Crippen molar-refractivity contribution in [3.05, 3.63) is 23.3 Å². The zero-order chi connectivity index (χ0) is 15.4. The lowest BCUT2D eigenvalue weighted by atomic mass is 9.77. The number of methoxy groups -OCH3 is 1. The van der Waals surface area contributed by atoms with E-state index in [1.54, 1.807) is 7.11 Å². The van der Waals surface area contributed by atoms with Gasteiger partial charge in [-0.3, -0.25) is 4.79 Å². The van der Waals surface area contributed by atoms with Gasteiger partial charge >= 0.3 is 7.12 Å². The molecule has 112 valence electrons. The van der Waals surface area contributed by atoms with Crippen LogP contribution in [0.15, 0.2) is 12.1 Å². The number of ether oxygens (including phenoxy) is 1. The van der Waals surface area contributed by atoms with E-state index in [2.05, 4.69) is 5.32 Å². The van der Waals surface area contributed by atoms with Gasteiger partial charge in [0.1, 0.15) is 5.75 Å². The first-order valence-corrected chi connectivity index (χ1v) is 7.10. The lowest BCUT2D eigenvalue weighted by molar-refractivity contribution is 0.00578. The van der Waals surface area contributed by atoms with Crippen molar-refractivity contribution in [1.29, 1.82) is 0 Å². The number of carbonyl (C=O) groups is 1. The molecule has 2 aliphatic rings. The van der Waals surface area contributed by atoms with Gasteiger partial charge in [-0.1, -0.05) is 6.07 Å². The van der Waals surface area contributed by atoms with Crippen LogP contribution in [0.1, 0.15) is 43.6 Å². The number of carbonyl (C=O) groups excluding carboxylic acids is 1. The van der Waals surface area contributed by atoms with Crippen molar-refractivity contribution in [2.75, 3.05) is 7.11 Å². The minimum Gasteiger partial charge on any atom is -0.496 e. The van der Waals surface area contributed by atoms with E-state index in [-0.39, 0.29) is 5.91 Å². The first kappa shape index (κ1) is 14.4. The second-order valence-electron chi connectivity index (χ2n) is 6.53. The number of hydrogen-bond acceptors (Lipinski definition) is 4. The maximum absolute atomic E-state index is 11.8. The van der Waals surface area contributed by atoms with Gasteiger partial charge in [0.15, 0.2) is 0 Å². The summed E-state index contributed by atoms with van der Waals surface area (Å²) in [5.74, 6) is 0.467. The smallest absolute Gasteiger partial charge is 0.494 e. The molecule has 1 aromatic carbocycles. The fourth-order valence-corrected chi connectivity index (χ4v) is 2.63. The molecule has 6 heteroatoms. The summed E-state index contributed by atoms with van der Waals surface area (Å²) in [5.41, 5.74) is 1.62. The fourth-order valence-electron chi connectivity index (χ4n) is 2.63. The van der Waals surface area contributed by atoms with Crippen LogP contribution >= 0.6 is 0 Å². The fraction of sp³-hybridized carbons (Fsp3) is 0.533. The summed E-state index contributed by atoms with van der Waals surface area (Å²) in [6.45, 7) is 8.58. The van der Waals surface area contributed by atoms with E-state index >= 15 is 0 Å². The number of benzene rings is 1. The van der Waals surface area contributed by atoms with Crippen molar-refractivity contribution in [3.63, 3.8) is 0 Å². The molecular formula is C15H20BNO4. The monoisotopic (exact) mass is 289 g/mol. The molecule has 3 rings (SSSR count). The highest BCUT2D eigenvalue weighted by Crippen LogP contribution is 2.37. The molecule has 1 fully saturated rings. The summed E-state index contributed by atoms with van der Waals surface area (Å²) < 4.78 is 17.5. The van der Waals surface area contributed by atoms with E-state index in [0.29, 0.717) is 17.9 Å². The van der Waals surface area contributed by atoms with Crippen molar-refractivity contribution in [3.8, 4) is 5.75 Å². The average Bonchev–Trinajstić information content (AvgIpc) is 2.87. The van der Waals surface area contributed by atoms with Crippen LogP contribution in [0.4, 0.5) is 0 Å². The molecule has 0 atom stereocenters.